The second-order valence-corrected chi connectivity index (χ2v) is 9.29. The van der Waals surface area contributed by atoms with Crippen molar-refractivity contribution >= 4 is 22.4 Å². The number of pyridine rings is 1. The Morgan fingerprint density at radius 2 is 1.62 bits per heavy atom. The van der Waals surface area contributed by atoms with Crippen molar-refractivity contribution in [3.8, 4) is 11.3 Å². The molecule has 2 heterocycles. The largest absolute Gasteiger partial charge is 0.418 e. The molecule has 0 saturated heterocycles. The van der Waals surface area contributed by atoms with Crippen LogP contribution in [0.5, 0.6) is 0 Å². The molecule has 0 aliphatic rings. The topological polar surface area (TPSA) is 53.9 Å². The fourth-order valence-corrected chi connectivity index (χ4v) is 4.30. The predicted octanol–water partition coefficient (Wildman–Crippen LogP) is 7.75. The van der Waals surface area contributed by atoms with Gasteiger partial charge in [-0.3, -0.25) is 4.98 Å². The summed E-state index contributed by atoms with van der Waals surface area (Å²) in [6.45, 7) is 7.64. The number of nitrogens with zero attached hydrogens (tertiary/aromatic N) is 4. The Morgan fingerprint density at radius 3 is 2.23 bits per heavy atom. The van der Waals surface area contributed by atoms with Crippen LogP contribution < -0.4 is 5.32 Å². The third kappa shape index (κ3) is 6.65. The molecule has 0 aliphatic heterocycles. The number of halogens is 6. The first-order chi connectivity index (χ1) is 18.4. The maximum Gasteiger partial charge on any atom is 0.418 e. The van der Waals surface area contributed by atoms with Gasteiger partial charge in [0.25, 0.3) is 0 Å². The van der Waals surface area contributed by atoms with Crippen molar-refractivity contribution < 1.29 is 26.3 Å². The molecule has 0 atom stereocenters. The van der Waals surface area contributed by atoms with Crippen LogP contribution in [0.25, 0.3) is 22.2 Å². The number of fused-ring (bicyclic) bond motifs is 1. The molecule has 0 amide bonds. The van der Waals surface area contributed by atoms with Crippen LogP contribution in [0.1, 0.15) is 37.7 Å². The summed E-state index contributed by atoms with van der Waals surface area (Å²) in [5.74, 6) is 0.788. The molecule has 0 spiro atoms. The minimum Gasteiger partial charge on any atom is -0.340 e. The van der Waals surface area contributed by atoms with Crippen molar-refractivity contribution in [2.45, 2.75) is 45.6 Å². The van der Waals surface area contributed by atoms with E-state index in [0.29, 0.717) is 41.2 Å². The highest BCUT2D eigenvalue weighted by atomic mass is 19.4. The van der Waals surface area contributed by atoms with Crippen molar-refractivity contribution in [1.29, 1.82) is 0 Å². The Morgan fingerprint density at radius 1 is 0.897 bits per heavy atom. The maximum absolute atomic E-state index is 13.6. The van der Waals surface area contributed by atoms with Gasteiger partial charge in [-0.1, -0.05) is 13.0 Å². The monoisotopic (exact) mass is 547 g/mol. The fourth-order valence-electron chi connectivity index (χ4n) is 4.30. The van der Waals surface area contributed by atoms with E-state index >= 15 is 0 Å². The van der Waals surface area contributed by atoms with Gasteiger partial charge in [0.15, 0.2) is 0 Å². The first-order valence-electron chi connectivity index (χ1n) is 12.4. The van der Waals surface area contributed by atoms with Gasteiger partial charge in [0.05, 0.1) is 22.3 Å². The number of hydrogen-bond donors (Lipinski definition) is 1. The molecule has 39 heavy (non-hydrogen) atoms. The van der Waals surface area contributed by atoms with Crippen LogP contribution in [-0.2, 0) is 18.8 Å². The van der Waals surface area contributed by atoms with Gasteiger partial charge in [0.2, 0.25) is 0 Å². The number of nitrogens with one attached hydrogen (secondary N) is 1. The molecule has 0 bridgehead atoms. The smallest absolute Gasteiger partial charge is 0.340 e. The van der Waals surface area contributed by atoms with Crippen LogP contribution >= 0.6 is 0 Å². The zero-order chi connectivity index (χ0) is 28.4. The van der Waals surface area contributed by atoms with E-state index in [4.69, 9.17) is 0 Å². The van der Waals surface area contributed by atoms with Crippen LogP contribution in [0.3, 0.4) is 0 Å². The molecule has 0 radical (unpaired) electrons. The summed E-state index contributed by atoms with van der Waals surface area (Å²) in [6.07, 6.45) is -7.30. The Balaban J connectivity index is 1.78. The van der Waals surface area contributed by atoms with E-state index in [2.05, 4.69) is 39.0 Å². The van der Waals surface area contributed by atoms with E-state index in [1.807, 2.05) is 6.92 Å². The molecule has 0 fully saturated rings. The minimum absolute atomic E-state index is 0.221. The highest BCUT2D eigenvalue weighted by Gasteiger charge is 2.34. The van der Waals surface area contributed by atoms with Crippen LogP contribution in [0.2, 0.25) is 0 Å². The summed E-state index contributed by atoms with van der Waals surface area (Å²) in [5.41, 5.74) is -0.871. The third-order valence-electron chi connectivity index (χ3n) is 6.36. The second-order valence-electron chi connectivity index (χ2n) is 9.29. The summed E-state index contributed by atoms with van der Waals surface area (Å²) >= 11 is 0. The summed E-state index contributed by atoms with van der Waals surface area (Å²) in [5, 5.41) is 3.56. The molecule has 2 aromatic heterocycles. The molecular weight excluding hydrogens is 520 g/mol. The summed E-state index contributed by atoms with van der Waals surface area (Å²) < 4.78 is 79.9. The highest BCUT2D eigenvalue weighted by Crippen LogP contribution is 2.37. The molecule has 5 nitrogen and oxygen atoms in total. The van der Waals surface area contributed by atoms with E-state index in [9.17, 15) is 26.3 Å². The number of anilines is 2. The number of hydrogen-bond acceptors (Lipinski definition) is 5. The van der Waals surface area contributed by atoms with Gasteiger partial charge in [-0.15, -0.1) is 0 Å². The molecular formula is C28H27F6N5. The lowest BCUT2D eigenvalue weighted by Gasteiger charge is -2.24. The maximum atomic E-state index is 13.6. The van der Waals surface area contributed by atoms with Gasteiger partial charge in [-0.25, -0.2) is 9.97 Å². The van der Waals surface area contributed by atoms with Crippen LogP contribution in [-0.4, -0.2) is 39.0 Å². The summed E-state index contributed by atoms with van der Waals surface area (Å²) in [7, 11) is 0. The summed E-state index contributed by atoms with van der Waals surface area (Å²) in [4.78, 5) is 15.5. The van der Waals surface area contributed by atoms with Crippen molar-refractivity contribution in [3.63, 3.8) is 0 Å². The Bertz CT molecular complexity index is 1430. The van der Waals surface area contributed by atoms with Crippen LogP contribution in [0.15, 0.2) is 60.8 Å². The fraction of sp³-hybridized carbons (Fsp3) is 0.321. The normalized spacial score (nSPS) is 12.5. The standard InChI is InChI=1S/C28H27F6N5/c1-4-39(17(2)3)15-13-24-37-23-16-18(25-22(28(32,33)34)6-5-14-35-25)7-12-21(23)26(38-24)36-20-10-8-19(9-11-20)27(29,30)31/h5-12,14,16-17H,4,13,15H2,1-3H3,(H,36,37,38). The second kappa shape index (κ2) is 11.2. The van der Waals surface area contributed by atoms with Gasteiger partial charge in [-0.05, 0) is 68.9 Å². The zero-order valence-corrected chi connectivity index (χ0v) is 21.5. The Kier molecular flexibility index (Phi) is 8.10. The van der Waals surface area contributed by atoms with Crippen LogP contribution in [0, 0.1) is 0 Å². The molecule has 0 saturated carbocycles. The lowest BCUT2D eigenvalue weighted by Crippen LogP contribution is -2.32. The first-order valence-corrected chi connectivity index (χ1v) is 12.4. The predicted molar refractivity (Wildman–Crippen MR) is 139 cm³/mol. The average molecular weight is 548 g/mol. The lowest BCUT2D eigenvalue weighted by molar-refractivity contribution is -0.138. The Hall–Kier alpha value is -3.73. The molecule has 4 aromatic rings. The molecule has 206 valence electrons. The first kappa shape index (κ1) is 28.3. The van der Waals surface area contributed by atoms with Gasteiger partial charge in [0, 0.05) is 41.8 Å². The zero-order valence-electron chi connectivity index (χ0n) is 21.5. The molecule has 4 rings (SSSR count). The molecule has 0 unspecified atom stereocenters. The van der Waals surface area contributed by atoms with Gasteiger partial charge < -0.3 is 10.2 Å². The van der Waals surface area contributed by atoms with Crippen LogP contribution in [0.4, 0.5) is 37.8 Å². The average Bonchev–Trinajstić information content (AvgIpc) is 2.88. The van der Waals surface area contributed by atoms with E-state index < -0.39 is 23.5 Å². The Labute approximate surface area is 221 Å². The number of aromatic nitrogens is 3. The number of likely N-dealkylation sites (N-methyl/N-ethyl adjacent to an activating group) is 1. The van der Waals surface area contributed by atoms with Crippen molar-refractivity contribution in [2.75, 3.05) is 18.4 Å². The van der Waals surface area contributed by atoms with E-state index in [0.717, 1.165) is 24.7 Å². The molecule has 2 aromatic carbocycles. The number of alkyl halides is 6. The van der Waals surface area contributed by atoms with Crippen molar-refractivity contribution in [1.82, 2.24) is 19.9 Å². The minimum atomic E-state index is -4.59. The van der Waals surface area contributed by atoms with Gasteiger partial charge in [-0.2, -0.15) is 26.3 Å². The van der Waals surface area contributed by atoms with E-state index in [1.165, 1.54) is 36.5 Å². The lowest BCUT2D eigenvalue weighted by atomic mass is 10.0. The molecule has 11 heteroatoms. The van der Waals surface area contributed by atoms with Gasteiger partial charge in [0.1, 0.15) is 11.6 Å². The molecule has 0 aliphatic carbocycles. The molecule has 1 N–H and O–H groups in total. The van der Waals surface area contributed by atoms with Crippen molar-refractivity contribution in [2.24, 2.45) is 0 Å². The van der Waals surface area contributed by atoms with E-state index in [-0.39, 0.29) is 17.3 Å². The highest BCUT2D eigenvalue weighted by molar-refractivity contribution is 5.93. The van der Waals surface area contributed by atoms with Gasteiger partial charge >= 0.3 is 12.4 Å². The third-order valence-corrected chi connectivity index (χ3v) is 6.36. The number of benzene rings is 2. The number of rotatable bonds is 8. The summed E-state index contributed by atoms with van der Waals surface area (Å²) in [6, 6.07) is 11.6. The quantitative estimate of drug-likeness (QED) is 0.229. The van der Waals surface area contributed by atoms with Crippen molar-refractivity contribution in [3.05, 3.63) is 77.7 Å². The SMILES string of the molecule is CCN(CCc1nc(Nc2ccc(C(F)(F)F)cc2)c2ccc(-c3ncccc3C(F)(F)F)cc2n1)C(C)C. The van der Waals surface area contributed by atoms with E-state index in [1.54, 1.807) is 6.07 Å².